The summed E-state index contributed by atoms with van der Waals surface area (Å²) in [7, 11) is -0.867. The van der Waals surface area contributed by atoms with Gasteiger partial charge in [0.05, 0.1) is 22.8 Å². The molecule has 1 aliphatic heterocycles. The molecular weight excluding hydrogens is 298 g/mol. The van der Waals surface area contributed by atoms with Gasteiger partial charge in [-0.3, -0.25) is 0 Å². The largest absolute Gasteiger partial charge is 0.573 e. The van der Waals surface area contributed by atoms with Crippen LogP contribution in [0, 0.1) is 11.3 Å². The summed E-state index contributed by atoms with van der Waals surface area (Å²) in [5, 5.41) is 8.96. The third kappa shape index (κ3) is 3.37. The van der Waals surface area contributed by atoms with E-state index in [9.17, 15) is 13.2 Å². The van der Waals surface area contributed by atoms with Crippen molar-refractivity contribution in [1.29, 1.82) is 5.26 Å². The van der Waals surface area contributed by atoms with E-state index >= 15 is 0 Å². The number of nitriles is 1. The van der Waals surface area contributed by atoms with Crippen LogP contribution in [0.15, 0.2) is 18.2 Å². The van der Waals surface area contributed by atoms with Crippen LogP contribution in [0.25, 0.3) is 0 Å². The molecule has 0 aliphatic carbocycles. The van der Waals surface area contributed by atoms with Crippen molar-refractivity contribution in [3.63, 3.8) is 0 Å². The molecule has 8 heteroatoms. The van der Waals surface area contributed by atoms with Gasteiger partial charge in [-0.15, -0.1) is 13.2 Å². The highest BCUT2D eigenvalue weighted by Crippen LogP contribution is 2.36. The maximum Gasteiger partial charge on any atom is 0.573 e. The van der Waals surface area contributed by atoms with Gasteiger partial charge in [0.1, 0.15) is 5.75 Å². The fraction of sp³-hybridized carbons (Fsp3) is 0.500. The molecule has 1 aliphatic rings. The van der Waals surface area contributed by atoms with E-state index in [-0.39, 0.29) is 5.56 Å². The van der Waals surface area contributed by atoms with Crippen LogP contribution in [-0.4, -0.2) is 24.7 Å². The smallest absolute Gasteiger partial charge is 0.406 e. The molecule has 0 unspecified atom stereocenters. The zero-order chi connectivity index (χ0) is 16.8. The molecule has 0 spiro atoms. The minimum absolute atomic E-state index is 0.0338. The molecule has 0 bridgehead atoms. The van der Waals surface area contributed by atoms with Crippen molar-refractivity contribution in [1.82, 2.24) is 0 Å². The van der Waals surface area contributed by atoms with Crippen molar-refractivity contribution < 1.29 is 27.2 Å². The monoisotopic (exact) mass is 313 g/mol. The van der Waals surface area contributed by atoms with Crippen molar-refractivity contribution >= 4 is 12.6 Å². The van der Waals surface area contributed by atoms with Crippen LogP contribution < -0.4 is 10.2 Å². The van der Waals surface area contributed by atoms with Crippen molar-refractivity contribution in [3.8, 4) is 11.8 Å². The molecule has 1 aromatic carbocycles. The standard InChI is InChI=1S/C14H15BF3NO3/c1-12(2)13(3,4)22-15(21-12)10-5-9(8-19)6-11(7-10)20-14(16,17)18/h5-7H,1-4H3. The van der Waals surface area contributed by atoms with Gasteiger partial charge in [0.15, 0.2) is 0 Å². The maximum absolute atomic E-state index is 12.4. The molecule has 118 valence electrons. The molecule has 0 radical (unpaired) electrons. The second kappa shape index (κ2) is 5.18. The minimum atomic E-state index is -4.83. The Kier molecular flexibility index (Phi) is 3.92. The summed E-state index contributed by atoms with van der Waals surface area (Å²) >= 11 is 0. The number of halogens is 3. The number of rotatable bonds is 2. The van der Waals surface area contributed by atoms with E-state index in [0.717, 1.165) is 12.1 Å². The molecule has 4 nitrogen and oxygen atoms in total. The molecule has 0 saturated carbocycles. The second-order valence-corrected chi connectivity index (χ2v) is 6.04. The average Bonchev–Trinajstić information content (AvgIpc) is 2.56. The zero-order valence-electron chi connectivity index (χ0n) is 12.6. The van der Waals surface area contributed by atoms with Crippen molar-refractivity contribution in [2.75, 3.05) is 0 Å². The lowest BCUT2D eigenvalue weighted by molar-refractivity contribution is -0.274. The topological polar surface area (TPSA) is 51.5 Å². The van der Waals surface area contributed by atoms with E-state index in [4.69, 9.17) is 14.6 Å². The fourth-order valence-corrected chi connectivity index (χ4v) is 1.99. The van der Waals surface area contributed by atoms with E-state index in [1.165, 1.54) is 6.07 Å². The quantitative estimate of drug-likeness (QED) is 0.788. The van der Waals surface area contributed by atoms with Crippen molar-refractivity contribution in [2.24, 2.45) is 0 Å². The van der Waals surface area contributed by atoms with Crippen molar-refractivity contribution in [2.45, 2.75) is 45.3 Å². The molecule has 0 amide bonds. The lowest BCUT2D eigenvalue weighted by Crippen LogP contribution is -2.41. The summed E-state index contributed by atoms with van der Waals surface area (Å²) in [6.45, 7) is 7.31. The van der Waals surface area contributed by atoms with Crippen LogP contribution in [0.2, 0.25) is 0 Å². The number of nitrogens with zero attached hydrogens (tertiary/aromatic N) is 1. The first kappa shape index (κ1) is 16.7. The second-order valence-electron chi connectivity index (χ2n) is 6.04. The third-order valence-electron chi connectivity index (χ3n) is 3.82. The van der Waals surface area contributed by atoms with Crippen LogP contribution >= 0.6 is 0 Å². The Morgan fingerprint density at radius 1 is 1.09 bits per heavy atom. The molecule has 1 fully saturated rings. The molecule has 0 atom stereocenters. The highest BCUT2D eigenvalue weighted by Gasteiger charge is 2.52. The van der Waals surface area contributed by atoms with Crippen LogP contribution in [0.3, 0.4) is 0 Å². The summed E-state index contributed by atoms with van der Waals surface area (Å²) in [6.07, 6.45) is -4.83. The first-order valence-electron chi connectivity index (χ1n) is 6.60. The summed E-state index contributed by atoms with van der Waals surface area (Å²) < 4.78 is 52.5. The summed E-state index contributed by atoms with van der Waals surface area (Å²) in [5.41, 5.74) is -0.931. The molecule has 1 saturated heterocycles. The van der Waals surface area contributed by atoms with Crippen LogP contribution in [-0.2, 0) is 9.31 Å². The van der Waals surface area contributed by atoms with E-state index in [0.29, 0.717) is 5.46 Å². The molecule has 0 N–H and O–H groups in total. The predicted molar refractivity (Wildman–Crippen MR) is 73.6 cm³/mol. The van der Waals surface area contributed by atoms with E-state index < -0.39 is 30.4 Å². The van der Waals surface area contributed by atoms with Gasteiger partial charge in [-0.25, -0.2) is 0 Å². The minimum Gasteiger partial charge on any atom is -0.406 e. The SMILES string of the molecule is CC1(C)OB(c2cc(C#N)cc(OC(F)(F)F)c2)OC1(C)C. The number of hydrogen-bond acceptors (Lipinski definition) is 4. The van der Waals surface area contributed by atoms with Crippen molar-refractivity contribution in [3.05, 3.63) is 23.8 Å². The molecule has 2 rings (SSSR count). The number of alkyl halides is 3. The third-order valence-corrected chi connectivity index (χ3v) is 3.82. The van der Waals surface area contributed by atoms with Crippen LogP contribution in [0.4, 0.5) is 13.2 Å². The first-order valence-corrected chi connectivity index (χ1v) is 6.60. The Balaban J connectivity index is 2.36. The van der Waals surface area contributed by atoms with Gasteiger partial charge in [-0.05, 0) is 51.4 Å². The summed E-state index contributed by atoms with van der Waals surface area (Å²) in [4.78, 5) is 0. The number of benzene rings is 1. The number of ether oxygens (including phenoxy) is 1. The van der Waals surface area contributed by atoms with Gasteiger partial charge in [0, 0.05) is 0 Å². The summed E-state index contributed by atoms with van der Waals surface area (Å²) in [6, 6.07) is 5.40. The highest BCUT2D eigenvalue weighted by molar-refractivity contribution is 6.62. The Bertz CT molecular complexity index is 607. The van der Waals surface area contributed by atoms with Gasteiger partial charge in [-0.1, -0.05) is 0 Å². The van der Waals surface area contributed by atoms with Gasteiger partial charge in [-0.2, -0.15) is 5.26 Å². The average molecular weight is 313 g/mol. The lowest BCUT2D eigenvalue weighted by Gasteiger charge is -2.32. The molecule has 1 heterocycles. The van der Waals surface area contributed by atoms with Gasteiger partial charge < -0.3 is 14.0 Å². The predicted octanol–water partition coefficient (Wildman–Crippen LogP) is 2.76. The van der Waals surface area contributed by atoms with Gasteiger partial charge >= 0.3 is 13.5 Å². The molecule has 0 aromatic heterocycles. The lowest BCUT2D eigenvalue weighted by atomic mass is 9.78. The van der Waals surface area contributed by atoms with Gasteiger partial charge in [0.25, 0.3) is 0 Å². The summed E-state index contributed by atoms with van der Waals surface area (Å²) in [5.74, 6) is -0.476. The van der Waals surface area contributed by atoms with E-state index in [1.54, 1.807) is 6.07 Å². The Morgan fingerprint density at radius 2 is 1.64 bits per heavy atom. The van der Waals surface area contributed by atoms with Crippen LogP contribution in [0.1, 0.15) is 33.3 Å². The highest BCUT2D eigenvalue weighted by atomic mass is 19.4. The fourth-order valence-electron chi connectivity index (χ4n) is 1.99. The Labute approximate surface area is 126 Å². The molecule has 1 aromatic rings. The zero-order valence-corrected chi connectivity index (χ0v) is 12.6. The Morgan fingerprint density at radius 3 is 2.09 bits per heavy atom. The van der Waals surface area contributed by atoms with Crippen LogP contribution in [0.5, 0.6) is 5.75 Å². The first-order chi connectivity index (χ1) is 9.93. The van der Waals surface area contributed by atoms with E-state index in [1.807, 2.05) is 27.7 Å². The normalized spacial score (nSPS) is 19.8. The Hall–Kier alpha value is -1.72. The molecular formula is C14H15BF3NO3. The maximum atomic E-state index is 12.4. The van der Waals surface area contributed by atoms with Gasteiger partial charge in [0.2, 0.25) is 0 Å². The van der Waals surface area contributed by atoms with E-state index in [2.05, 4.69) is 4.74 Å². The molecule has 22 heavy (non-hydrogen) atoms. The number of hydrogen-bond donors (Lipinski definition) is 0.